The molecule has 0 radical (unpaired) electrons. The highest BCUT2D eigenvalue weighted by molar-refractivity contribution is 8.00. The van der Waals surface area contributed by atoms with Gasteiger partial charge in [-0.05, 0) is 32.4 Å². The fourth-order valence-corrected chi connectivity index (χ4v) is 2.44. The highest BCUT2D eigenvalue weighted by Crippen LogP contribution is 2.27. The number of thioether (sulfide) groups is 1. The summed E-state index contributed by atoms with van der Waals surface area (Å²) in [5, 5.41) is 2.56. The van der Waals surface area contributed by atoms with Gasteiger partial charge in [0.2, 0.25) is 5.91 Å². The lowest BCUT2D eigenvalue weighted by Gasteiger charge is -2.12. The predicted molar refractivity (Wildman–Crippen MR) is 73.1 cm³/mol. The maximum Gasteiger partial charge on any atom is 0.233 e. The molecular weight excluding hydrogens is 230 g/mol. The van der Waals surface area contributed by atoms with Gasteiger partial charge in [0.15, 0.2) is 0 Å². The van der Waals surface area contributed by atoms with Gasteiger partial charge in [0.25, 0.3) is 0 Å². The minimum atomic E-state index is -0.135. The van der Waals surface area contributed by atoms with Crippen molar-refractivity contribution in [3.8, 4) is 12.3 Å². The number of carbonyl (C=O) groups excluding carboxylic acids is 1. The molecule has 0 aliphatic rings. The molecule has 1 atom stereocenters. The van der Waals surface area contributed by atoms with Crippen LogP contribution >= 0.6 is 11.8 Å². The Hall–Kier alpha value is -1.40. The van der Waals surface area contributed by atoms with Gasteiger partial charge in [-0.25, -0.2) is 0 Å². The fraction of sp³-hybridized carbons (Fsp3) is 0.357. The first-order valence-corrected chi connectivity index (χ1v) is 6.37. The van der Waals surface area contributed by atoms with Gasteiger partial charge in [0.1, 0.15) is 0 Å². The minimum Gasteiger partial charge on any atom is -0.344 e. The van der Waals surface area contributed by atoms with Crippen LogP contribution in [0.2, 0.25) is 0 Å². The molecular formula is C14H17NOS. The van der Waals surface area contributed by atoms with E-state index in [1.54, 1.807) is 11.8 Å². The van der Waals surface area contributed by atoms with Crippen LogP contribution in [0.25, 0.3) is 0 Å². The molecule has 0 aromatic heterocycles. The highest BCUT2D eigenvalue weighted by atomic mass is 32.2. The molecule has 0 heterocycles. The fourth-order valence-electron chi connectivity index (χ4n) is 1.36. The molecule has 17 heavy (non-hydrogen) atoms. The Kier molecular flexibility index (Phi) is 5.11. The van der Waals surface area contributed by atoms with E-state index in [4.69, 9.17) is 6.42 Å². The zero-order valence-electron chi connectivity index (χ0n) is 10.4. The van der Waals surface area contributed by atoms with Gasteiger partial charge in [-0.3, -0.25) is 4.79 Å². The SMILES string of the molecule is C#CCNC(=O)C(C)Sc1cc(C)ccc1C. The summed E-state index contributed by atoms with van der Waals surface area (Å²) in [7, 11) is 0. The van der Waals surface area contributed by atoms with E-state index in [2.05, 4.69) is 29.4 Å². The molecule has 0 bridgehead atoms. The maximum absolute atomic E-state index is 11.7. The van der Waals surface area contributed by atoms with E-state index in [1.807, 2.05) is 20.8 Å². The van der Waals surface area contributed by atoms with E-state index in [9.17, 15) is 4.79 Å². The van der Waals surface area contributed by atoms with Crippen molar-refractivity contribution in [2.24, 2.45) is 0 Å². The third-order valence-electron chi connectivity index (χ3n) is 2.38. The minimum absolute atomic E-state index is 0.0196. The second-order valence-corrected chi connectivity index (χ2v) is 5.33. The van der Waals surface area contributed by atoms with E-state index in [-0.39, 0.29) is 17.7 Å². The molecule has 1 aromatic rings. The van der Waals surface area contributed by atoms with Gasteiger partial charge in [-0.15, -0.1) is 18.2 Å². The lowest BCUT2D eigenvalue weighted by Crippen LogP contribution is -2.31. The number of aryl methyl sites for hydroxylation is 2. The number of nitrogens with one attached hydrogen (secondary N) is 1. The summed E-state index contributed by atoms with van der Waals surface area (Å²) in [5.41, 5.74) is 2.39. The molecule has 0 spiro atoms. The van der Waals surface area contributed by atoms with Crippen molar-refractivity contribution in [2.45, 2.75) is 30.9 Å². The first-order valence-electron chi connectivity index (χ1n) is 5.49. The lowest BCUT2D eigenvalue weighted by molar-refractivity contribution is -0.120. The molecule has 0 aliphatic carbocycles. The van der Waals surface area contributed by atoms with Gasteiger partial charge < -0.3 is 5.32 Å². The van der Waals surface area contributed by atoms with Crippen LogP contribution in [0.15, 0.2) is 23.1 Å². The number of amides is 1. The summed E-state index contributed by atoms with van der Waals surface area (Å²) in [6, 6.07) is 6.25. The Morgan fingerprint density at radius 1 is 1.53 bits per heavy atom. The van der Waals surface area contributed by atoms with E-state index < -0.39 is 0 Å². The second kappa shape index (κ2) is 6.36. The van der Waals surface area contributed by atoms with Crippen LogP contribution in [0, 0.1) is 26.2 Å². The van der Waals surface area contributed by atoms with Gasteiger partial charge in [-0.1, -0.05) is 23.6 Å². The van der Waals surface area contributed by atoms with Crippen LogP contribution in [0.4, 0.5) is 0 Å². The van der Waals surface area contributed by atoms with Crippen LogP contribution in [-0.2, 0) is 4.79 Å². The normalized spacial score (nSPS) is 11.6. The Morgan fingerprint density at radius 3 is 2.88 bits per heavy atom. The average Bonchev–Trinajstić information content (AvgIpc) is 2.30. The van der Waals surface area contributed by atoms with Crippen molar-refractivity contribution in [1.29, 1.82) is 0 Å². The third kappa shape index (κ3) is 4.16. The average molecular weight is 247 g/mol. The summed E-state index contributed by atoms with van der Waals surface area (Å²) >= 11 is 1.56. The topological polar surface area (TPSA) is 29.1 Å². The monoisotopic (exact) mass is 247 g/mol. The molecule has 1 unspecified atom stereocenters. The van der Waals surface area contributed by atoms with E-state index in [1.165, 1.54) is 11.1 Å². The highest BCUT2D eigenvalue weighted by Gasteiger charge is 2.14. The van der Waals surface area contributed by atoms with Crippen LogP contribution in [0.5, 0.6) is 0 Å². The van der Waals surface area contributed by atoms with Crippen molar-refractivity contribution in [3.05, 3.63) is 29.3 Å². The Morgan fingerprint density at radius 2 is 2.24 bits per heavy atom. The summed E-state index contributed by atoms with van der Waals surface area (Å²) < 4.78 is 0. The zero-order valence-corrected chi connectivity index (χ0v) is 11.2. The maximum atomic E-state index is 11.7. The molecule has 0 fully saturated rings. The number of carbonyl (C=O) groups is 1. The van der Waals surface area contributed by atoms with Gasteiger partial charge in [-0.2, -0.15) is 0 Å². The second-order valence-electron chi connectivity index (χ2n) is 3.95. The molecule has 0 saturated carbocycles. The predicted octanol–water partition coefficient (Wildman–Crippen LogP) is 2.53. The first-order chi connectivity index (χ1) is 8.04. The van der Waals surface area contributed by atoms with Crippen molar-refractivity contribution < 1.29 is 4.79 Å². The molecule has 1 N–H and O–H groups in total. The smallest absolute Gasteiger partial charge is 0.233 e. The van der Waals surface area contributed by atoms with E-state index in [0.717, 1.165) is 4.90 Å². The molecule has 0 aliphatic heterocycles. The van der Waals surface area contributed by atoms with Crippen LogP contribution < -0.4 is 5.32 Å². The Labute approximate surface area is 107 Å². The quantitative estimate of drug-likeness (QED) is 0.654. The molecule has 0 saturated heterocycles. The zero-order chi connectivity index (χ0) is 12.8. The van der Waals surface area contributed by atoms with Gasteiger partial charge >= 0.3 is 0 Å². The first kappa shape index (κ1) is 13.7. The molecule has 90 valence electrons. The van der Waals surface area contributed by atoms with Crippen LogP contribution in [-0.4, -0.2) is 17.7 Å². The number of terminal acetylenes is 1. The Balaban J connectivity index is 2.67. The van der Waals surface area contributed by atoms with E-state index >= 15 is 0 Å². The largest absolute Gasteiger partial charge is 0.344 e. The van der Waals surface area contributed by atoms with Crippen molar-refractivity contribution in [2.75, 3.05) is 6.54 Å². The number of hydrogen-bond donors (Lipinski definition) is 1. The standard InChI is InChI=1S/C14H17NOS/c1-5-8-15-14(16)12(4)17-13-9-10(2)6-7-11(13)3/h1,6-7,9,12H,8H2,2-4H3,(H,15,16). The molecule has 3 heteroatoms. The number of benzene rings is 1. The Bertz CT molecular complexity index is 448. The van der Waals surface area contributed by atoms with Crippen molar-refractivity contribution in [3.63, 3.8) is 0 Å². The van der Waals surface area contributed by atoms with E-state index in [0.29, 0.717) is 0 Å². The molecule has 1 rings (SSSR count). The number of rotatable bonds is 4. The third-order valence-corrected chi connectivity index (χ3v) is 3.64. The lowest BCUT2D eigenvalue weighted by atomic mass is 10.2. The molecule has 1 amide bonds. The number of hydrogen-bond acceptors (Lipinski definition) is 2. The van der Waals surface area contributed by atoms with Crippen molar-refractivity contribution in [1.82, 2.24) is 5.32 Å². The summed E-state index contributed by atoms with van der Waals surface area (Å²) in [4.78, 5) is 12.8. The summed E-state index contributed by atoms with van der Waals surface area (Å²) in [5.74, 6) is 2.38. The van der Waals surface area contributed by atoms with Crippen LogP contribution in [0.3, 0.4) is 0 Å². The van der Waals surface area contributed by atoms with Crippen LogP contribution in [0.1, 0.15) is 18.1 Å². The summed E-state index contributed by atoms with van der Waals surface area (Å²) in [6.45, 7) is 6.27. The molecule has 2 nitrogen and oxygen atoms in total. The summed E-state index contributed by atoms with van der Waals surface area (Å²) in [6.07, 6.45) is 5.10. The van der Waals surface area contributed by atoms with Gasteiger partial charge in [0.05, 0.1) is 11.8 Å². The molecule has 1 aromatic carbocycles. The van der Waals surface area contributed by atoms with Crippen molar-refractivity contribution >= 4 is 17.7 Å². The van der Waals surface area contributed by atoms with Gasteiger partial charge in [0, 0.05) is 4.90 Å².